The van der Waals surface area contributed by atoms with Gasteiger partial charge in [-0.2, -0.15) is 0 Å². The molecule has 0 radical (unpaired) electrons. The second kappa shape index (κ2) is 5.36. The first kappa shape index (κ1) is 12.6. The molecule has 0 unspecified atom stereocenters. The number of furan rings is 2. The number of nitrogens with one attached hydrogen (secondary N) is 1. The Balaban J connectivity index is 1.73. The van der Waals surface area contributed by atoms with Crippen molar-refractivity contribution >= 4 is 17.0 Å². The van der Waals surface area contributed by atoms with Crippen molar-refractivity contribution in [1.29, 1.82) is 0 Å². The van der Waals surface area contributed by atoms with Crippen LogP contribution in [0.15, 0.2) is 58.3 Å². The molecule has 0 amide bonds. The summed E-state index contributed by atoms with van der Waals surface area (Å²) in [5.41, 5.74) is 1.43. The van der Waals surface area contributed by atoms with Gasteiger partial charge in [0.1, 0.15) is 23.4 Å². The third-order valence-electron chi connectivity index (χ3n) is 3.36. The third-order valence-corrected chi connectivity index (χ3v) is 3.36. The molecule has 0 atom stereocenters. The van der Waals surface area contributed by atoms with Crippen LogP contribution in [-0.4, -0.2) is 19.9 Å². The zero-order chi connectivity index (χ0) is 14.8. The van der Waals surface area contributed by atoms with Crippen LogP contribution in [0.3, 0.4) is 0 Å². The molecule has 4 aromatic heterocycles. The molecular weight excluding hydrogens is 282 g/mol. The lowest BCUT2D eigenvalue weighted by Crippen LogP contribution is -2.23. The van der Waals surface area contributed by atoms with Gasteiger partial charge in [-0.05, 0) is 24.3 Å². The summed E-state index contributed by atoms with van der Waals surface area (Å²) in [6.45, 7) is 1.14. The van der Waals surface area contributed by atoms with Gasteiger partial charge in [-0.3, -0.25) is 0 Å². The fourth-order valence-electron chi connectivity index (χ4n) is 2.38. The maximum atomic E-state index is 5.46. The van der Waals surface area contributed by atoms with E-state index in [2.05, 4.69) is 24.8 Å². The first-order chi connectivity index (χ1) is 10.9. The molecule has 4 rings (SSSR count). The maximum Gasteiger partial charge on any atom is 0.182 e. The molecule has 0 spiro atoms. The highest BCUT2D eigenvalue weighted by Gasteiger charge is 2.17. The summed E-state index contributed by atoms with van der Waals surface area (Å²) in [5, 5.41) is 0. The van der Waals surface area contributed by atoms with Gasteiger partial charge in [-0.1, -0.05) is 0 Å². The fraction of sp³-hybridized carbons (Fsp3) is 0.133. The second-order valence-corrected chi connectivity index (χ2v) is 4.81. The Labute approximate surface area is 125 Å². The normalized spacial score (nSPS) is 11.1. The van der Waals surface area contributed by atoms with Gasteiger partial charge in [0.05, 0.1) is 31.9 Å². The number of anilines is 1. The minimum Gasteiger partial charge on any atom is -0.467 e. The van der Waals surface area contributed by atoms with E-state index in [1.807, 2.05) is 24.3 Å². The Hall–Kier alpha value is -3.09. The van der Waals surface area contributed by atoms with E-state index in [9.17, 15) is 0 Å². The zero-order valence-corrected chi connectivity index (χ0v) is 11.6. The molecule has 0 aromatic carbocycles. The molecule has 7 heteroatoms. The monoisotopic (exact) mass is 295 g/mol. The molecule has 0 aliphatic rings. The summed E-state index contributed by atoms with van der Waals surface area (Å²) in [7, 11) is 0. The molecule has 4 aromatic rings. The van der Waals surface area contributed by atoms with Crippen LogP contribution in [0, 0.1) is 0 Å². The van der Waals surface area contributed by atoms with Crippen LogP contribution in [0.25, 0.3) is 11.2 Å². The summed E-state index contributed by atoms with van der Waals surface area (Å²) in [6.07, 6.45) is 6.44. The lowest BCUT2D eigenvalue weighted by molar-refractivity contribution is 0.476. The number of imidazole rings is 1. The Kier molecular flexibility index (Phi) is 3.08. The lowest BCUT2D eigenvalue weighted by Gasteiger charge is -2.21. The van der Waals surface area contributed by atoms with Crippen LogP contribution < -0.4 is 4.90 Å². The van der Waals surface area contributed by atoms with E-state index in [-0.39, 0.29) is 0 Å². The van der Waals surface area contributed by atoms with Crippen molar-refractivity contribution in [2.75, 3.05) is 4.90 Å². The van der Waals surface area contributed by atoms with Crippen LogP contribution in [0.1, 0.15) is 11.5 Å². The summed E-state index contributed by atoms with van der Waals surface area (Å²) in [5.74, 6) is 2.45. The topological polar surface area (TPSA) is 84.0 Å². The third kappa shape index (κ3) is 2.32. The van der Waals surface area contributed by atoms with Crippen LogP contribution in [0.5, 0.6) is 0 Å². The average Bonchev–Trinajstić information content (AvgIpc) is 3.28. The van der Waals surface area contributed by atoms with E-state index in [4.69, 9.17) is 8.83 Å². The highest BCUT2D eigenvalue weighted by Crippen LogP contribution is 2.24. The number of hydrogen-bond donors (Lipinski definition) is 1. The molecular formula is C15H13N5O2. The largest absolute Gasteiger partial charge is 0.467 e. The van der Waals surface area contributed by atoms with Crippen molar-refractivity contribution in [3.05, 3.63) is 61.0 Å². The summed E-state index contributed by atoms with van der Waals surface area (Å²) in [4.78, 5) is 17.9. The van der Waals surface area contributed by atoms with Crippen molar-refractivity contribution in [1.82, 2.24) is 19.9 Å². The van der Waals surface area contributed by atoms with Crippen LogP contribution >= 0.6 is 0 Å². The SMILES string of the molecule is c1coc(CN(Cc2ccco2)c2ncnc3nc[nH]c23)c1. The number of nitrogens with zero attached hydrogens (tertiary/aromatic N) is 4. The van der Waals surface area contributed by atoms with Gasteiger partial charge in [0.15, 0.2) is 11.5 Å². The maximum absolute atomic E-state index is 5.46. The van der Waals surface area contributed by atoms with Gasteiger partial charge in [0.2, 0.25) is 0 Å². The molecule has 110 valence electrons. The van der Waals surface area contributed by atoms with E-state index in [0.29, 0.717) is 18.7 Å². The van der Waals surface area contributed by atoms with Crippen LogP contribution in [0.4, 0.5) is 5.82 Å². The molecule has 0 aliphatic heterocycles. The van der Waals surface area contributed by atoms with Crippen molar-refractivity contribution in [3.8, 4) is 0 Å². The summed E-state index contributed by atoms with van der Waals surface area (Å²) >= 11 is 0. The minimum absolute atomic E-state index is 0.568. The Morgan fingerprint density at radius 2 is 1.68 bits per heavy atom. The first-order valence-electron chi connectivity index (χ1n) is 6.84. The van der Waals surface area contributed by atoms with Gasteiger partial charge in [0, 0.05) is 0 Å². The van der Waals surface area contributed by atoms with Gasteiger partial charge in [-0.25, -0.2) is 15.0 Å². The second-order valence-electron chi connectivity index (χ2n) is 4.81. The van der Waals surface area contributed by atoms with E-state index in [1.54, 1.807) is 18.9 Å². The van der Waals surface area contributed by atoms with Gasteiger partial charge in [-0.15, -0.1) is 0 Å². The smallest absolute Gasteiger partial charge is 0.182 e. The quantitative estimate of drug-likeness (QED) is 0.609. The number of aromatic amines is 1. The highest BCUT2D eigenvalue weighted by atomic mass is 16.3. The lowest BCUT2D eigenvalue weighted by atomic mass is 10.3. The molecule has 0 fully saturated rings. The van der Waals surface area contributed by atoms with Gasteiger partial charge < -0.3 is 18.7 Å². The zero-order valence-electron chi connectivity index (χ0n) is 11.6. The summed E-state index contributed by atoms with van der Waals surface area (Å²) < 4.78 is 10.9. The molecule has 22 heavy (non-hydrogen) atoms. The van der Waals surface area contributed by atoms with E-state index in [0.717, 1.165) is 22.9 Å². The van der Waals surface area contributed by atoms with Crippen LogP contribution in [-0.2, 0) is 13.1 Å². The molecule has 0 aliphatic carbocycles. The Bertz CT molecular complexity index is 815. The standard InChI is InChI=1S/C15H13N5O2/c1-3-11(21-5-1)7-20(8-12-4-2-6-22-12)15-13-14(17-9-16-13)18-10-19-15/h1-6,9-10H,7-8H2,(H,16,17,18,19). The molecule has 7 nitrogen and oxygen atoms in total. The molecule has 0 bridgehead atoms. The predicted molar refractivity (Wildman–Crippen MR) is 79.0 cm³/mol. The van der Waals surface area contributed by atoms with Crippen molar-refractivity contribution in [2.24, 2.45) is 0 Å². The Morgan fingerprint density at radius 3 is 2.32 bits per heavy atom. The molecule has 4 heterocycles. The van der Waals surface area contributed by atoms with Crippen molar-refractivity contribution in [2.45, 2.75) is 13.1 Å². The van der Waals surface area contributed by atoms with Crippen molar-refractivity contribution < 1.29 is 8.83 Å². The number of rotatable bonds is 5. The van der Waals surface area contributed by atoms with Gasteiger partial charge >= 0.3 is 0 Å². The minimum atomic E-state index is 0.568. The summed E-state index contributed by atoms with van der Waals surface area (Å²) in [6, 6.07) is 7.60. The molecule has 1 N–H and O–H groups in total. The fourth-order valence-corrected chi connectivity index (χ4v) is 2.38. The highest BCUT2D eigenvalue weighted by molar-refractivity contribution is 5.82. The van der Waals surface area contributed by atoms with Gasteiger partial charge in [0.25, 0.3) is 0 Å². The number of fused-ring (bicyclic) bond motifs is 1. The van der Waals surface area contributed by atoms with E-state index < -0.39 is 0 Å². The predicted octanol–water partition coefficient (Wildman–Crippen LogP) is 2.75. The number of H-pyrrole nitrogens is 1. The van der Waals surface area contributed by atoms with Crippen LogP contribution in [0.2, 0.25) is 0 Å². The number of aromatic nitrogens is 4. The van der Waals surface area contributed by atoms with E-state index >= 15 is 0 Å². The first-order valence-corrected chi connectivity index (χ1v) is 6.84. The number of hydrogen-bond acceptors (Lipinski definition) is 6. The molecule has 0 saturated heterocycles. The van der Waals surface area contributed by atoms with E-state index in [1.165, 1.54) is 6.33 Å². The molecule has 0 saturated carbocycles. The van der Waals surface area contributed by atoms with Crippen molar-refractivity contribution in [3.63, 3.8) is 0 Å². The Morgan fingerprint density at radius 1 is 0.955 bits per heavy atom. The average molecular weight is 295 g/mol.